The van der Waals surface area contributed by atoms with Crippen LogP contribution in [-0.2, 0) is 14.3 Å². The molecule has 0 N–H and O–H groups in total. The molecular weight excluding hydrogens is 332 g/mol. The molecule has 0 bridgehead atoms. The van der Waals surface area contributed by atoms with Crippen molar-refractivity contribution in [2.75, 3.05) is 45.9 Å². The van der Waals surface area contributed by atoms with E-state index in [1.165, 1.54) is 0 Å². The summed E-state index contributed by atoms with van der Waals surface area (Å²) < 4.78 is 10.7. The van der Waals surface area contributed by atoms with Gasteiger partial charge in [-0.25, -0.2) is 0 Å². The van der Waals surface area contributed by atoms with Crippen molar-refractivity contribution in [2.24, 2.45) is 0 Å². The molecule has 0 unspecified atom stereocenters. The van der Waals surface area contributed by atoms with Crippen LogP contribution in [0.4, 0.5) is 0 Å². The number of benzene rings is 1. The first-order valence-electron chi connectivity index (χ1n) is 9.43. The molecule has 0 atom stereocenters. The summed E-state index contributed by atoms with van der Waals surface area (Å²) >= 11 is 0. The number of amides is 1. The normalized spacial score (nSPS) is 15.4. The summed E-state index contributed by atoms with van der Waals surface area (Å²) in [6.45, 7) is 8.03. The maximum atomic E-state index is 12.4. The minimum Gasteiger partial charge on any atom is -0.494 e. The van der Waals surface area contributed by atoms with Crippen molar-refractivity contribution in [1.82, 2.24) is 9.80 Å². The summed E-state index contributed by atoms with van der Waals surface area (Å²) in [5, 5.41) is 0. The lowest BCUT2D eigenvalue weighted by molar-refractivity contribution is -0.144. The quantitative estimate of drug-likeness (QED) is 0.524. The predicted molar refractivity (Wildman–Crippen MR) is 100 cm³/mol. The van der Waals surface area contributed by atoms with E-state index in [4.69, 9.17) is 9.47 Å². The third-order valence-corrected chi connectivity index (χ3v) is 4.39. The van der Waals surface area contributed by atoms with Crippen LogP contribution >= 0.6 is 0 Å². The molecule has 1 amide bonds. The van der Waals surface area contributed by atoms with Crippen molar-refractivity contribution in [3.8, 4) is 5.75 Å². The highest BCUT2D eigenvalue weighted by molar-refractivity contribution is 5.76. The Hall–Kier alpha value is -2.08. The summed E-state index contributed by atoms with van der Waals surface area (Å²) in [7, 11) is 0. The van der Waals surface area contributed by atoms with E-state index in [1.807, 2.05) is 43.0 Å². The van der Waals surface area contributed by atoms with Crippen molar-refractivity contribution in [1.29, 1.82) is 0 Å². The first-order valence-corrected chi connectivity index (χ1v) is 9.43. The fraction of sp³-hybridized carbons (Fsp3) is 0.600. The Morgan fingerprint density at radius 1 is 1.15 bits per heavy atom. The molecule has 0 aromatic heterocycles. The Labute approximate surface area is 156 Å². The van der Waals surface area contributed by atoms with Crippen LogP contribution in [0.1, 0.15) is 31.7 Å². The molecule has 1 saturated heterocycles. The highest BCUT2D eigenvalue weighted by atomic mass is 16.5. The second kappa shape index (κ2) is 10.8. The molecule has 1 fully saturated rings. The van der Waals surface area contributed by atoms with Gasteiger partial charge in [-0.3, -0.25) is 14.5 Å². The monoisotopic (exact) mass is 362 g/mol. The van der Waals surface area contributed by atoms with Gasteiger partial charge in [0.2, 0.25) is 5.91 Å². The van der Waals surface area contributed by atoms with E-state index in [0.29, 0.717) is 45.7 Å². The second-order valence-corrected chi connectivity index (χ2v) is 6.58. The van der Waals surface area contributed by atoms with E-state index in [0.717, 1.165) is 30.8 Å². The van der Waals surface area contributed by atoms with Crippen LogP contribution in [0.3, 0.4) is 0 Å². The predicted octanol–water partition coefficient (Wildman–Crippen LogP) is 2.25. The molecule has 0 aliphatic carbocycles. The zero-order valence-electron chi connectivity index (χ0n) is 15.9. The van der Waals surface area contributed by atoms with Crippen LogP contribution in [0, 0.1) is 6.92 Å². The highest BCUT2D eigenvalue weighted by Crippen LogP contribution is 2.13. The van der Waals surface area contributed by atoms with Gasteiger partial charge in [-0.1, -0.05) is 12.1 Å². The highest BCUT2D eigenvalue weighted by Gasteiger charge is 2.20. The minimum absolute atomic E-state index is 0.163. The van der Waals surface area contributed by atoms with Gasteiger partial charge in [-0.05, 0) is 44.4 Å². The van der Waals surface area contributed by atoms with E-state index >= 15 is 0 Å². The number of esters is 1. The van der Waals surface area contributed by atoms with Crippen LogP contribution in [0.5, 0.6) is 5.75 Å². The Bertz CT molecular complexity index is 591. The SMILES string of the molecule is CCOC(=O)CN1CCCN(C(=O)CCCOc2cccc(C)c2)CC1. The fourth-order valence-electron chi connectivity index (χ4n) is 3.04. The Balaban J connectivity index is 1.66. The van der Waals surface area contributed by atoms with Crippen LogP contribution < -0.4 is 4.74 Å². The summed E-state index contributed by atoms with van der Waals surface area (Å²) in [5.41, 5.74) is 1.16. The molecule has 0 radical (unpaired) electrons. The average Bonchev–Trinajstić information content (AvgIpc) is 2.84. The lowest BCUT2D eigenvalue weighted by Gasteiger charge is -2.21. The first kappa shape index (κ1) is 20.2. The number of carbonyl (C=O) groups excluding carboxylic acids is 2. The summed E-state index contributed by atoms with van der Waals surface area (Å²) in [5.74, 6) is 0.818. The Morgan fingerprint density at radius 3 is 2.77 bits per heavy atom. The van der Waals surface area contributed by atoms with Gasteiger partial charge in [-0.2, -0.15) is 0 Å². The van der Waals surface area contributed by atoms with Crippen LogP contribution in [0.25, 0.3) is 0 Å². The molecule has 6 nitrogen and oxygen atoms in total. The summed E-state index contributed by atoms with van der Waals surface area (Å²) in [6.07, 6.45) is 2.07. The van der Waals surface area contributed by atoms with E-state index < -0.39 is 0 Å². The standard InChI is InChI=1S/C20H30N2O4/c1-3-25-20(24)16-21-10-6-11-22(13-12-21)19(23)9-5-14-26-18-8-4-7-17(2)15-18/h4,7-8,15H,3,5-6,9-14,16H2,1-2H3. The number of nitrogens with zero attached hydrogens (tertiary/aromatic N) is 2. The molecule has 1 aromatic carbocycles. The fourth-order valence-corrected chi connectivity index (χ4v) is 3.04. The van der Waals surface area contributed by atoms with Gasteiger partial charge in [-0.15, -0.1) is 0 Å². The molecule has 6 heteroatoms. The number of hydrogen-bond donors (Lipinski definition) is 0. The third-order valence-electron chi connectivity index (χ3n) is 4.39. The molecule has 1 aromatic rings. The molecule has 144 valence electrons. The van der Waals surface area contributed by atoms with E-state index in [9.17, 15) is 9.59 Å². The Kier molecular flexibility index (Phi) is 8.41. The molecule has 0 saturated carbocycles. The minimum atomic E-state index is -0.194. The van der Waals surface area contributed by atoms with Gasteiger partial charge in [0, 0.05) is 32.6 Å². The summed E-state index contributed by atoms with van der Waals surface area (Å²) in [6, 6.07) is 7.92. The molecular formula is C20H30N2O4. The lowest BCUT2D eigenvalue weighted by atomic mass is 10.2. The van der Waals surface area contributed by atoms with Gasteiger partial charge in [0.25, 0.3) is 0 Å². The maximum Gasteiger partial charge on any atom is 0.320 e. The molecule has 1 aliphatic rings. The number of aryl methyl sites for hydroxylation is 1. The average molecular weight is 362 g/mol. The molecule has 1 heterocycles. The zero-order chi connectivity index (χ0) is 18.8. The van der Waals surface area contributed by atoms with Gasteiger partial charge >= 0.3 is 5.97 Å². The number of hydrogen-bond acceptors (Lipinski definition) is 5. The molecule has 0 spiro atoms. The van der Waals surface area contributed by atoms with Gasteiger partial charge in [0.1, 0.15) is 5.75 Å². The first-order chi connectivity index (χ1) is 12.6. The molecule has 2 rings (SSSR count). The smallest absolute Gasteiger partial charge is 0.320 e. The second-order valence-electron chi connectivity index (χ2n) is 6.58. The van der Waals surface area contributed by atoms with Crippen molar-refractivity contribution in [2.45, 2.75) is 33.1 Å². The Morgan fingerprint density at radius 2 is 2.00 bits per heavy atom. The van der Waals surface area contributed by atoms with Crippen LogP contribution in [0.15, 0.2) is 24.3 Å². The van der Waals surface area contributed by atoms with Crippen molar-refractivity contribution < 1.29 is 19.1 Å². The van der Waals surface area contributed by atoms with E-state index in [1.54, 1.807) is 0 Å². The van der Waals surface area contributed by atoms with Crippen LogP contribution in [0.2, 0.25) is 0 Å². The number of rotatable bonds is 8. The van der Waals surface area contributed by atoms with E-state index in [2.05, 4.69) is 4.90 Å². The lowest BCUT2D eigenvalue weighted by Crippen LogP contribution is -2.37. The molecule has 1 aliphatic heterocycles. The van der Waals surface area contributed by atoms with Gasteiger partial charge in [0.15, 0.2) is 0 Å². The van der Waals surface area contributed by atoms with Gasteiger partial charge in [0.05, 0.1) is 19.8 Å². The van der Waals surface area contributed by atoms with Gasteiger partial charge < -0.3 is 14.4 Å². The van der Waals surface area contributed by atoms with Crippen LogP contribution in [-0.4, -0.2) is 67.6 Å². The van der Waals surface area contributed by atoms with Crippen molar-refractivity contribution >= 4 is 11.9 Å². The number of ether oxygens (including phenoxy) is 2. The third kappa shape index (κ3) is 7.04. The molecule has 26 heavy (non-hydrogen) atoms. The zero-order valence-corrected chi connectivity index (χ0v) is 15.9. The van der Waals surface area contributed by atoms with Crippen molar-refractivity contribution in [3.63, 3.8) is 0 Å². The number of carbonyl (C=O) groups is 2. The maximum absolute atomic E-state index is 12.4. The van der Waals surface area contributed by atoms with E-state index in [-0.39, 0.29) is 11.9 Å². The topological polar surface area (TPSA) is 59.1 Å². The summed E-state index contributed by atoms with van der Waals surface area (Å²) in [4.78, 5) is 28.0. The largest absolute Gasteiger partial charge is 0.494 e. The van der Waals surface area contributed by atoms with Crippen molar-refractivity contribution in [3.05, 3.63) is 29.8 Å².